The van der Waals surface area contributed by atoms with Crippen molar-refractivity contribution < 1.29 is 4.79 Å². The zero-order valence-electron chi connectivity index (χ0n) is 8.05. The number of nitrogens with zero attached hydrogens (tertiary/aromatic N) is 1. The topological polar surface area (TPSA) is 20.3 Å². The fourth-order valence-corrected chi connectivity index (χ4v) is 0.736. The second-order valence-electron chi connectivity index (χ2n) is 3.22. The first kappa shape index (κ1) is 10.6. The molecule has 2 heteroatoms. The summed E-state index contributed by atoms with van der Waals surface area (Å²) in [5.41, 5.74) is 0. The summed E-state index contributed by atoms with van der Waals surface area (Å²) in [5.74, 6) is 0.359. The van der Waals surface area contributed by atoms with Gasteiger partial charge in [0, 0.05) is 25.4 Å². The van der Waals surface area contributed by atoms with Crippen LogP contribution in [-0.2, 0) is 4.79 Å². The van der Waals surface area contributed by atoms with E-state index in [1.54, 1.807) is 0 Å². The molecule has 0 N–H and O–H groups in total. The molecule has 0 saturated carbocycles. The Balaban J connectivity index is 3.45. The molecule has 0 amide bonds. The lowest BCUT2D eigenvalue weighted by molar-refractivity contribution is -0.119. The molecule has 0 aliphatic carbocycles. The second kappa shape index (κ2) is 5.30. The van der Waals surface area contributed by atoms with E-state index < -0.39 is 0 Å². The molecule has 0 aliphatic heterocycles. The molecule has 0 atom stereocenters. The van der Waals surface area contributed by atoms with E-state index in [1.165, 1.54) is 0 Å². The van der Waals surface area contributed by atoms with Crippen LogP contribution in [0.5, 0.6) is 0 Å². The third-order valence-electron chi connectivity index (χ3n) is 2.02. The van der Waals surface area contributed by atoms with Crippen molar-refractivity contribution >= 4 is 5.78 Å². The summed E-state index contributed by atoms with van der Waals surface area (Å²) < 4.78 is 0. The highest BCUT2D eigenvalue weighted by Crippen LogP contribution is 1.96. The number of carbonyl (C=O) groups excluding carboxylic acids is 1. The molecule has 0 aromatic heterocycles. The van der Waals surface area contributed by atoms with Gasteiger partial charge in [-0.15, -0.1) is 0 Å². The van der Waals surface area contributed by atoms with Crippen molar-refractivity contribution in [3.8, 4) is 0 Å². The number of hydrogen-bond acceptors (Lipinski definition) is 2. The fourth-order valence-electron chi connectivity index (χ4n) is 0.736. The fraction of sp³-hybridized carbons (Fsp3) is 0.889. The SMILES string of the molecule is CCC(=O)CCN(C)C(C)C. The minimum absolute atomic E-state index is 0.359. The average molecular weight is 157 g/mol. The van der Waals surface area contributed by atoms with Crippen LogP contribution in [0.2, 0.25) is 0 Å². The maximum absolute atomic E-state index is 10.9. The van der Waals surface area contributed by atoms with Gasteiger partial charge in [-0.1, -0.05) is 6.92 Å². The van der Waals surface area contributed by atoms with Crippen LogP contribution in [0.25, 0.3) is 0 Å². The second-order valence-corrected chi connectivity index (χ2v) is 3.22. The molecular formula is C9H19NO. The lowest BCUT2D eigenvalue weighted by Gasteiger charge is -2.19. The first-order chi connectivity index (χ1) is 5.07. The van der Waals surface area contributed by atoms with Crippen molar-refractivity contribution in [3.05, 3.63) is 0 Å². The summed E-state index contributed by atoms with van der Waals surface area (Å²) in [6.07, 6.45) is 1.37. The van der Waals surface area contributed by atoms with Gasteiger partial charge in [-0.05, 0) is 20.9 Å². The molecule has 0 saturated heterocycles. The van der Waals surface area contributed by atoms with Crippen LogP contribution >= 0.6 is 0 Å². The minimum Gasteiger partial charge on any atom is -0.304 e. The van der Waals surface area contributed by atoms with Gasteiger partial charge in [0.1, 0.15) is 5.78 Å². The van der Waals surface area contributed by atoms with Crippen molar-refractivity contribution in [2.75, 3.05) is 13.6 Å². The summed E-state index contributed by atoms with van der Waals surface area (Å²) in [7, 11) is 2.05. The molecule has 66 valence electrons. The standard InChI is InChI=1S/C9H19NO/c1-5-9(11)6-7-10(4)8(2)3/h8H,5-7H2,1-4H3. The van der Waals surface area contributed by atoms with Gasteiger partial charge >= 0.3 is 0 Å². The number of hydrogen-bond donors (Lipinski definition) is 0. The molecule has 0 rings (SSSR count). The first-order valence-electron chi connectivity index (χ1n) is 4.29. The molecule has 0 aromatic rings. The predicted octanol–water partition coefficient (Wildman–Crippen LogP) is 1.70. The van der Waals surface area contributed by atoms with Crippen molar-refractivity contribution in [1.82, 2.24) is 4.90 Å². The number of rotatable bonds is 5. The van der Waals surface area contributed by atoms with Crippen LogP contribution in [0, 0.1) is 0 Å². The lowest BCUT2D eigenvalue weighted by atomic mass is 10.2. The molecule has 0 fully saturated rings. The highest BCUT2D eigenvalue weighted by Gasteiger charge is 2.04. The largest absolute Gasteiger partial charge is 0.304 e. The summed E-state index contributed by atoms with van der Waals surface area (Å²) in [4.78, 5) is 13.1. The third-order valence-corrected chi connectivity index (χ3v) is 2.02. The van der Waals surface area contributed by atoms with E-state index in [0.29, 0.717) is 24.7 Å². The van der Waals surface area contributed by atoms with Crippen molar-refractivity contribution in [2.45, 2.75) is 39.7 Å². The monoisotopic (exact) mass is 157 g/mol. The Kier molecular flexibility index (Phi) is 5.12. The van der Waals surface area contributed by atoms with Crippen LogP contribution in [0.15, 0.2) is 0 Å². The molecule has 0 radical (unpaired) electrons. The molecule has 0 aromatic carbocycles. The van der Waals surface area contributed by atoms with Gasteiger partial charge in [-0.3, -0.25) is 4.79 Å². The van der Waals surface area contributed by atoms with E-state index >= 15 is 0 Å². The molecular weight excluding hydrogens is 138 g/mol. The van der Waals surface area contributed by atoms with Crippen LogP contribution in [-0.4, -0.2) is 30.3 Å². The molecule has 0 spiro atoms. The Hall–Kier alpha value is -0.370. The zero-order chi connectivity index (χ0) is 8.85. The summed E-state index contributed by atoms with van der Waals surface area (Å²) >= 11 is 0. The van der Waals surface area contributed by atoms with E-state index in [9.17, 15) is 4.79 Å². The smallest absolute Gasteiger partial charge is 0.133 e. The maximum Gasteiger partial charge on any atom is 0.133 e. The van der Waals surface area contributed by atoms with Crippen LogP contribution in [0.1, 0.15) is 33.6 Å². The Morgan fingerprint density at radius 3 is 2.36 bits per heavy atom. The van der Waals surface area contributed by atoms with Crippen molar-refractivity contribution in [2.24, 2.45) is 0 Å². The zero-order valence-corrected chi connectivity index (χ0v) is 8.05. The van der Waals surface area contributed by atoms with Crippen LogP contribution < -0.4 is 0 Å². The summed E-state index contributed by atoms with van der Waals surface area (Å²) in [5, 5.41) is 0. The van der Waals surface area contributed by atoms with Gasteiger partial charge in [-0.2, -0.15) is 0 Å². The third kappa shape index (κ3) is 4.96. The molecule has 0 unspecified atom stereocenters. The van der Waals surface area contributed by atoms with E-state index in [1.807, 2.05) is 14.0 Å². The summed E-state index contributed by atoms with van der Waals surface area (Å²) in [6.45, 7) is 7.08. The Bertz CT molecular complexity index is 121. The highest BCUT2D eigenvalue weighted by atomic mass is 16.1. The van der Waals surface area contributed by atoms with Gasteiger partial charge < -0.3 is 4.90 Å². The minimum atomic E-state index is 0.359. The van der Waals surface area contributed by atoms with Gasteiger partial charge in [0.15, 0.2) is 0 Å². The average Bonchev–Trinajstić information content (AvgIpc) is 1.99. The highest BCUT2D eigenvalue weighted by molar-refractivity contribution is 5.78. The Morgan fingerprint density at radius 1 is 1.45 bits per heavy atom. The predicted molar refractivity (Wildman–Crippen MR) is 47.7 cm³/mol. The van der Waals surface area contributed by atoms with Crippen molar-refractivity contribution in [1.29, 1.82) is 0 Å². The van der Waals surface area contributed by atoms with Crippen LogP contribution in [0.3, 0.4) is 0 Å². The maximum atomic E-state index is 10.9. The molecule has 0 heterocycles. The van der Waals surface area contributed by atoms with Gasteiger partial charge in [-0.25, -0.2) is 0 Å². The molecule has 0 bridgehead atoms. The molecule has 2 nitrogen and oxygen atoms in total. The summed E-state index contributed by atoms with van der Waals surface area (Å²) in [6, 6.07) is 0.541. The number of carbonyl (C=O) groups is 1. The van der Waals surface area contributed by atoms with E-state index in [-0.39, 0.29) is 0 Å². The van der Waals surface area contributed by atoms with Gasteiger partial charge in [0.05, 0.1) is 0 Å². The van der Waals surface area contributed by atoms with E-state index in [4.69, 9.17) is 0 Å². The van der Waals surface area contributed by atoms with Gasteiger partial charge in [0.25, 0.3) is 0 Å². The quantitative estimate of drug-likeness (QED) is 0.605. The number of ketones is 1. The van der Waals surface area contributed by atoms with Crippen LogP contribution in [0.4, 0.5) is 0 Å². The van der Waals surface area contributed by atoms with E-state index in [0.717, 1.165) is 6.54 Å². The van der Waals surface area contributed by atoms with Gasteiger partial charge in [0.2, 0.25) is 0 Å². The molecule has 0 aliphatic rings. The Morgan fingerprint density at radius 2 is 2.00 bits per heavy atom. The van der Waals surface area contributed by atoms with E-state index in [2.05, 4.69) is 18.7 Å². The molecule has 11 heavy (non-hydrogen) atoms. The lowest BCUT2D eigenvalue weighted by Crippen LogP contribution is -2.28. The number of Topliss-reactive ketones (excluding diaryl/α,β-unsaturated/α-hetero) is 1. The Labute approximate surface area is 69.6 Å². The normalized spacial score (nSPS) is 11.1. The van der Waals surface area contributed by atoms with Crippen molar-refractivity contribution in [3.63, 3.8) is 0 Å². The first-order valence-corrected chi connectivity index (χ1v) is 4.29.